The minimum Gasteiger partial charge on any atom is -0.384 e. The maximum atomic E-state index is 12.7. The summed E-state index contributed by atoms with van der Waals surface area (Å²) in [4.78, 5) is 10.3. The van der Waals surface area contributed by atoms with Crippen LogP contribution in [0.5, 0.6) is 0 Å². The van der Waals surface area contributed by atoms with Gasteiger partial charge in [-0.15, -0.1) is 0 Å². The Morgan fingerprint density at radius 3 is 2.85 bits per heavy atom. The molecular formula is C17H20ClF3N6. The molecule has 6 nitrogen and oxygen atoms in total. The van der Waals surface area contributed by atoms with Crippen LogP contribution in [-0.4, -0.2) is 42.8 Å². The summed E-state index contributed by atoms with van der Waals surface area (Å²) in [7, 11) is 0. The van der Waals surface area contributed by atoms with Crippen LogP contribution in [0.1, 0.15) is 12.0 Å². The van der Waals surface area contributed by atoms with E-state index in [1.807, 2.05) is 0 Å². The van der Waals surface area contributed by atoms with Crippen molar-refractivity contribution in [3.05, 3.63) is 41.3 Å². The monoisotopic (exact) mass is 400 g/mol. The van der Waals surface area contributed by atoms with Crippen LogP contribution in [-0.2, 0) is 6.18 Å². The molecule has 0 aliphatic carbocycles. The van der Waals surface area contributed by atoms with Gasteiger partial charge in [0.1, 0.15) is 12.0 Å². The van der Waals surface area contributed by atoms with Gasteiger partial charge in [0.2, 0.25) is 0 Å². The molecular weight excluding hydrogens is 381 g/mol. The van der Waals surface area contributed by atoms with E-state index in [1.54, 1.807) is 6.07 Å². The van der Waals surface area contributed by atoms with Crippen molar-refractivity contribution in [1.82, 2.24) is 15.3 Å². The Morgan fingerprint density at radius 1 is 1.19 bits per heavy atom. The first-order valence-corrected chi connectivity index (χ1v) is 8.94. The lowest BCUT2D eigenvalue weighted by Crippen LogP contribution is -2.29. The van der Waals surface area contributed by atoms with Crippen molar-refractivity contribution in [3.63, 3.8) is 0 Å². The molecule has 0 saturated heterocycles. The van der Waals surface area contributed by atoms with Gasteiger partial charge in [0.05, 0.1) is 12.2 Å². The van der Waals surface area contributed by atoms with Crippen molar-refractivity contribution < 1.29 is 13.2 Å². The Morgan fingerprint density at radius 2 is 2.04 bits per heavy atom. The Kier molecular flexibility index (Phi) is 6.22. The summed E-state index contributed by atoms with van der Waals surface area (Å²) in [5, 5.41) is 9.85. The topological polar surface area (TPSA) is 65.1 Å². The molecule has 0 amide bonds. The quantitative estimate of drug-likeness (QED) is 0.466. The third-order valence-electron chi connectivity index (χ3n) is 4.13. The Balaban J connectivity index is 1.33. The van der Waals surface area contributed by atoms with Crippen LogP contribution in [0, 0.1) is 0 Å². The maximum absolute atomic E-state index is 12.7. The summed E-state index contributed by atoms with van der Waals surface area (Å²) in [6, 6.07) is 5.20. The molecule has 1 aliphatic heterocycles. The largest absolute Gasteiger partial charge is 0.416 e. The molecule has 1 aromatic heterocycles. The number of halogens is 4. The molecule has 1 aromatic carbocycles. The predicted molar refractivity (Wildman–Crippen MR) is 100 cm³/mol. The van der Waals surface area contributed by atoms with Crippen LogP contribution in [0.15, 0.2) is 30.6 Å². The van der Waals surface area contributed by atoms with Crippen molar-refractivity contribution in [2.24, 2.45) is 0 Å². The highest BCUT2D eigenvalue weighted by molar-refractivity contribution is 6.32. The average Bonchev–Trinajstić information content (AvgIpc) is 3.05. The van der Waals surface area contributed by atoms with E-state index in [-0.39, 0.29) is 0 Å². The molecule has 2 aromatic rings. The number of anilines is 3. The number of hydrogen-bond acceptors (Lipinski definition) is 6. The van der Waals surface area contributed by atoms with E-state index < -0.39 is 11.7 Å². The molecule has 2 heterocycles. The van der Waals surface area contributed by atoms with E-state index in [0.29, 0.717) is 30.6 Å². The standard InChI is InChI=1S/C17H20ClF3N6/c18-15-14-16(25-10-24-15)27(11-26-14)8-2-5-22-6-7-23-13-4-1-3-12(9-13)17(19,20)21/h1,3-4,9-10,22-23,26H,2,5-8,11H2. The van der Waals surface area contributed by atoms with Crippen LogP contribution in [0.2, 0.25) is 5.15 Å². The molecule has 0 fully saturated rings. The summed E-state index contributed by atoms with van der Waals surface area (Å²) in [6.45, 7) is 3.43. The molecule has 0 unspecified atom stereocenters. The highest BCUT2D eigenvalue weighted by Crippen LogP contribution is 2.33. The van der Waals surface area contributed by atoms with Gasteiger partial charge in [-0.3, -0.25) is 0 Å². The summed E-state index contributed by atoms with van der Waals surface area (Å²) in [5.41, 5.74) is 0.573. The molecule has 0 bridgehead atoms. The number of nitrogens with zero attached hydrogens (tertiary/aromatic N) is 3. The molecule has 0 saturated carbocycles. The van der Waals surface area contributed by atoms with Gasteiger partial charge < -0.3 is 20.9 Å². The molecule has 0 spiro atoms. The first kappa shape index (κ1) is 19.5. The minimum absolute atomic E-state index is 0.418. The molecule has 146 valence electrons. The molecule has 10 heteroatoms. The fourth-order valence-electron chi connectivity index (χ4n) is 2.80. The lowest BCUT2D eigenvalue weighted by molar-refractivity contribution is -0.137. The van der Waals surface area contributed by atoms with Crippen LogP contribution < -0.4 is 20.9 Å². The van der Waals surface area contributed by atoms with Gasteiger partial charge in [-0.1, -0.05) is 17.7 Å². The van der Waals surface area contributed by atoms with E-state index in [0.717, 1.165) is 43.1 Å². The number of alkyl halides is 3. The Hall–Kier alpha value is -2.26. The zero-order valence-electron chi connectivity index (χ0n) is 14.5. The van der Waals surface area contributed by atoms with Gasteiger partial charge >= 0.3 is 6.18 Å². The SMILES string of the molecule is FC(F)(F)c1cccc(NCCNCCCN2CNc3c(Cl)ncnc32)c1. The minimum atomic E-state index is -4.33. The summed E-state index contributed by atoms with van der Waals surface area (Å²) in [6.07, 6.45) is -1.99. The van der Waals surface area contributed by atoms with Crippen molar-refractivity contribution in [2.75, 3.05) is 48.4 Å². The average molecular weight is 401 g/mol. The Bertz CT molecular complexity index is 771. The zero-order chi connectivity index (χ0) is 19.3. The van der Waals surface area contributed by atoms with E-state index in [2.05, 4.69) is 30.8 Å². The van der Waals surface area contributed by atoms with Crippen molar-refractivity contribution >= 4 is 28.8 Å². The molecule has 3 N–H and O–H groups in total. The first-order chi connectivity index (χ1) is 12.9. The lowest BCUT2D eigenvalue weighted by atomic mass is 10.2. The predicted octanol–water partition coefficient (Wildman–Crippen LogP) is 3.43. The smallest absolute Gasteiger partial charge is 0.384 e. The molecule has 0 atom stereocenters. The number of aromatic nitrogens is 2. The van der Waals surface area contributed by atoms with Gasteiger partial charge in [0, 0.05) is 25.3 Å². The van der Waals surface area contributed by atoms with Gasteiger partial charge in [0.25, 0.3) is 0 Å². The third kappa shape index (κ3) is 5.14. The van der Waals surface area contributed by atoms with Crippen molar-refractivity contribution in [1.29, 1.82) is 0 Å². The molecule has 3 rings (SSSR count). The van der Waals surface area contributed by atoms with Crippen LogP contribution in [0.4, 0.5) is 30.4 Å². The first-order valence-electron chi connectivity index (χ1n) is 8.56. The maximum Gasteiger partial charge on any atom is 0.416 e. The van der Waals surface area contributed by atoms with Crippen molar-refractivity contribution in [2.45, 2.75) is 12.6 Å². The van der Waals surface area contributed by atoms with Crippen LogP contribution >= 0.6 is 11.6 Å². The van der Waals surface area contributed by atoms with E-state index in [1.165, 1.54) is 12.4 Å². The van der Waals surface area contributed by atoms with Crippen LogP contribution in [0.3, 0.4) is 0 Å². The number of hydrogen-bond donors (Lipinski definition) is 3. The van der Waals surface area contributed by atoms with E-state index >= 15 is 0 Å². The fraction of sp³-hybridized carbons (Fsp3) is 0.412. The number of fused-ring (bicyclic) bond motifs is 1. The highest BCUT2D eigenvalue weighted by atomic mass is 35.5. The van der Waals surface area contributed by atoms with Crippen molar-refractivity contribution in [3.8, 4) is 0 Å². The van der Waals surface area contributed by atoms with Gasteiger partial charge in [-0.05, 0) is 31.2 Å². The van der Waals surface area contributed by atoms with Gasteiger partial charge in [-0.25, -0.2) is 9.97 Å². The molecule has 1 aliphatic rings. The third-order valence-corrected chi connectivity index (χ3v) is 4.42. The fourth-order valence-corrected chi connectivity index (χ4v) is 3.00. The number of rotatable bonds is 8. The summed E-state index contributed by atoms with van der Waals surface area (Å²) >= 11 is 6.02. The Labute approximate surface area is 160 Å². The van der Waals surface area contributed by atoms with Gasteiger partial charge in [0.15, 0.2) is 11.0 Å². The number of nitrogens with one attached hydrogen (secondary N) is 3. The molecule has 27 heavy (non-hydrogen) atoms. The second-order valence-electron chi connectivity index (χ2n) is 6.07. The highest BCUT2D eigenvalue weighted by Gasteiger charge is 2.30. The van der Waals surface area contributed by atoms with Crippen LogP contribution in [0.25, 0.3) is 0 Å². The lowest BCUT2D eigenvalue weighted by Gasteiger charge is -2.16. The van der Waals surface area contributed by atoms with Gasteiger partial charge in [-0.2, -0.15) is 13.2 Å². The molecule has 0 radical (unpaired) electrons. The van der Waals surface area contributed by atoms with E-state index in [4.69, 9.17) is 11.6 Å². The summed E-state index contributed by atoms with van der Waals surface area (Å²) < 4.78 is 38.0. The zero-order valence-corrected chi connectivity index (χ0v) is 15.2. The number of benzene rings is 1. The summed E-state index contributed by atoms with van der Waals surface area (Å²) in [5.74, 6) is 0.807. The van der Waals surface area contributed by atoms with E-state index in [9.17, 15) is 13.2 Å². The normalized spacial score (nSPS) is 13.4. The second kappa shape index (κ2) is 8.62. The second-order valence-corrected chi connectivity index (χ2v) is 6.43.